The van der Waals surface area contributed by atoms with Crippen molar-refractivity contribution in [3.05, 3.63) is 121 Å². The van der Waals surface area contributed by atoms with Crippen molar-refractivity contribution in [2.45, 2.75) is 5.92 Å². The van der Waals surface area contributed by atoms with Crippen LogP contribution in [0.3, 0.4) is 0 Å². The van der Waals surface area contributed by atoms with E-state index in [4.69, 9.17) is 4.42 Å². The summed E-state index contributed by atoms with van der Waals surface area (Å²) in [5.41, 5.74) is 2.73. The Labute approximate surface area is 176 Å². The van der Waals surface area contributed by atoms with Crippen LogP contribution in [-0.2, 0) is 0 Å². The molecule has 5 rings (SSSR count). The number of nitriles is 1. The monoisotopic (exact) mass is 406 g/mol. The van der Waals surface area contributed by atoms with E-state index >= 15 is 0 Å². The fourth-order valence-corrected chi connectivity index (χ4v) is 4.11. The lowest BCUT2D eigenvalue weighted by molar-refractivity contribution is -0.384. The topological polar surface area (TPSA) is 97.1 Å². The Balaban J connectivity index is 1.92. The molecule has 0 N–H and O–H groups in total. The van der Waals surface area contributed by atoms with Gasteiger partial charge in [-0.2, -0.15) is 5.26 Å². The molecule has 0 spiro atoms. The van der Waals surface area contributed by atoms with E-state index < -0.39 is 16.3 Å². The van der Waals surface area contributed by atoms with Gasteiger partial charge in [0.05, 0.1) is 33.4 Å². The van der Waals surface area contributed by atoms with E-state index in [0.29, 0.717) is 11.3 Å². The van der Waals surface area contributed by atoms with E-state index in [2.05, 4.69) is 6.07 Å². The lowest BCUT2D eigenvalue weighted by Gasteiger charge is -2.20. The molecule has 0 saturated carbocycles. The van der Waals surface area contributed by atoms with Crippen LogP contribution in [0.4, 0.5) is 5.69 Å². The molecule has 1 aliphatic rings. The predicted octanol–water partition coefficient (Wildman–Crippen LogP) is 5.26. The molecule has 0 aliphatic heterocycles. The van der Waals surface area contributed by atoms with Crippen LogP contribution in [0, 0.1) is 21.4 Å². The smallest absolute Gasteiger partial charge is 0.270 e. The van der Waals surface area contributed by atoms with Gasteiger partial charge in [-0.3, -0.25) is 14.9 Å². The molecule has 0 amide bonds. The van der Waals surface area contributed by atoms with Gasteiger partial charge in [0.25, 0.3) is 5.69 Å². The lowest BCUT2D eigenvalue weighted by atomic mass is 9.85. The summed E-state index contributed by atoms with van der Waals surface area (Å²) in [6, 6.07) is 23.3. The highest BCUT2D eigenvalue weighted by molar-refractivity contribution is 5.95. The van der Waals surface area contributed by atoms with Crippen molar-refractivity contribution in [3.8, 4) is 6.07 Å². The normalized spacial score (nSPS) is 14.7. The molecule has 1 aromatic heterocycles. The molecule has 0 fully saturated rings. The highest BCUT2D eigenvalue weighted by Gasteiger charge is 2.30. The van der Waals surface area contributed by atoms with Crippen molar-refractivity contribution in [2.24, 2.45) is 0 Å². The first kappa shape index (κ1) is 18.5. The minimum Gasteiger partial charge on any atom is -0.459 e. The van der Waals surface area contributed by atoms with Crippen molar-refractivity contribution in [2.75, 3.05) is 0 Å². The maximum Gasteiger partial charge on any atom is 0.270 e. The van der Waals surface area contributed by atoms with Crippen LogP contribution in [0.2, 0.25) is 0 Å². The van der Waals surface area contributed by atoms with E-state index in [9.17, 15) is 20.2 Å². The minimum atomic E-state index is -0.552. The van der Waals surface area contributed by atoms with Gasteiger partial charge in [0.2, 0.25) is 5.43 Å². The maximum atomic E-state index is 13.5. The molecule has 1 atom stereocenters. The van der Waals surface area contributed by atoms with Gasteiger partial charge < -0.3 is 4.42 Å². The lowest BCUT2D eigenvalue weighted by Crippen LogP contribution is -2.13. The van der Waals surface area contributed by atoms with Crippen LogP contribution in [-0.4, -0.2) is 4.92 Å². The molecule has 1 aliphatic carbocycles. The molecular formula is C25H14N2O4. The predicted molar refractivity (Wildman–Crippen MR) is 116 cm³/mol. The number of hydrogen-bond acceptors (Lipinski definition) is 5. The molecular weight excluding hydrogens is 392 g/mol. The first-order chi connectivity index (χ1) is 15.1. The number of rotatable bonds is 2. The third kappa shape index (κ3) is 2.92. The summed E-state index contributed by atoms with van der Waals surface area (Å²) in [6.07, 6.45) is 1.53. The van der Waals surface area contributed by atoms with E-state index in [-0.39, 0.29) is 22.2 Å². The van der Waals surface area contributed by atoms with Crippen LogP contribution < -0.4 is 5.43 Å². The summed E-state index contributed by atoms with van der Waals surface area (Å²) >= 11 is 0. The number of fused-ring (bicyclic) bond motifs is 3. The van der Waals surface area contributed by atoms with Crippen LogP contribution in [0.15, 0.2) is 82.0 Å². The Morgan fingerprint density at radius 1 is 1.00 bits per heavy atom. The molecule has 0 bridgehead atoms. The van der Waals surface area contributed by atoms with Crippen molar-refractivity contribution < 1.29 is 9.34 Å². The summed E-state index contributed by atoms with van der Waals surface area (Å²) < 4.78 is 6.22. The molecule has 148 valence electrons. The Bertz CT molecular complexity index is 1490. The Hall–Kier alpha value is -4.50. The average molecular weight is 406 g/mol. The van der Waals surface area contributed by atoms with Gasteiger partial charge in [0.15, 0.2) is 0 Å². The van der Waals surface area contributed by atoms with Crippen molar-refractivity contribution in [1.82, 2.24) is 0 Å². The summed E-state index contributed by atoms with van der Waals surface area (Å²) in [4.78, 5) is 24.1. The van der Waals surface area contributed by atoms with Crippen molar-refractivity contribution in [1.29, 1.82) is 5.26 Å². The van der Waals surface area contributed by atoms with Gasteiger partial charge >= 0.3 is 0 Å². The molecule has 6 nitrogen and oxygen atoms in total. The quantitative estimate of drug-likeness (QED) is 0.334. The second kappa shape index (κ2) is 7.08. The average Bonchev–Trinajstić information content (AvgIpc) is 2.94. The second-order valence-corrected chi connectivity index (χ2v) is 7.25. The molecule has 6 heteroatoms. The largest absolute Gasteiger partial charge is 0.459 e. The third-order valence-corrected chi connectivity index (χ3v) is 5.51. The van der Waals surface area contributed by atoms with Gasteiger partial charge in [0, 0.05) is 12.1 Å². The van der Waals surface area contributed by atoms with E-state index in [1.54, 1.807) is 0 Å². The Kier molecular flexibility index (Phi) is 4.23. The standard InChI is InChI=1S/C25H14N2O4/c26-14-16-12-21-24(28)20-13-17(27(29)30)10-11-22(20)31-25(21)23(15-6-2-1-3-7-15)19-9-5-4-8-18(16)19/h1-13,23H. The molecule has 0 saturated heterocycles. The molecule has 3 aromatic carbocycles. The van der Waals surface area contributed by atoms with Crippen LogP contribution in [0.1, 0.15) is 33.9 Å². The van der Waals surface area contributed by atoms with Gasteiger partial charge in [-0.15, -0.1) is 0 Å². The summed E-state index contributed by atoms with van der Waals surface area (Å²) in [7, 11) is 0. The summed E-state index contributed by atoms with van der Waals surface area (Å²) in [5, 5.41) is 21.1. The van der Waals surface area contributed by atoms with E-state index in [1.165, 1.54) is 24.3 Å². The first-order valence-corrected chi connectivity index (χ1v) is 9.59. The van der Waals surface area contributed by atoms with Crippen LogP contribution in [0.25, 0.3) is 22.6 Å². The van der Waals surface area contributed by atoms with Gasteiger partial charge in [-0.25, -0.2) is 0 Å². The highest BCUT2D eigenvalue weighted by atomic mass is 16.6. The fourth-order valence-electron chi connectivity index (χ4n) is 4.11. The first-order valence-electron chi connectivity index (χ1n) is 9.59. The number of non-ortho nitro benzene ring substituents is 1. The second-order valence-electron chi connectivity index (χ2n) is 7.25. The van der Waals surface area contributed by atoms with Crippen molar-refractivity contribution >= 4 is 28.3 Å². The maximum absolute atomic E-state index is 13.5. The van der Waals surface area contributed by atoms with Crippen LogP contribution >= 0.6 is 0 Å². The minimum absolute atomic E-state index is 0.110. The molecule has 4 aromatic rings. The number of hydrogen-bond donors (Lipinski definition) is 0. The number of benzene rings is 3. The zero-order valence-electron chi connectivity index (χ0n) is 16.1. The number of nitro benzene ring substituents is 1. The Morgan fingerprint density at radius 2 is 1.74 bits per heavy atom. The zero-order chi connectivity index (χ0) is 21.5. The molecule has 1 unspecified atom stereocenters. The number of nitrogens with zero attached hydrogens (tertiary/aromatic N) is 2. The van der Waals surface area contributed by atoms with Crippen LogP contribution in [0.5, 0.6) is 0 Å². The van der Waals surface area contributed by atoms with E-state index in [1.807, 2.05) is 54.6 Å². The zero-order valence-corrected chi connectivity index (χ0v) is 16.1. The fraction of sp³-hybridized carbons (Fsp3) is 0.0400. The molecule has 31 heavy (non-hydrogen) atoms. The summed E-state index contributed by atoms with van der Waals surface area (Å²) in [5.74, 6) is -0.00274. The van der Waals surface area contributed by atoms with Gasteiger partial charge in [0.1, 0.15) is 11.3 Å². The number of allylic oxidation sites excluding steroid dienone is 1. The van der Waals surface area contributed by atoms with Gasteiger partial charge in [-0.05, 0) is 28.8 Å². The molecule has 1 heterocycles. The van der Waals surface area contributed by atoms with Gasteiger partial charge in [-0.1, -0.05) is 54.6 Å². The highest BCUT2D eigenvalue weighted by Crippen LogP contribution is 2.41. The van der Waals surface area contributed by atoms with E-state index in [0.717, 1.165) is 16.7 Å². The summed E-state index contributed by atoms with van der Waals surface area (Å²) in [6.45, 7) is 0. The SMILES string of the molecule is N#CC1=Cc2c(oc3ccc([N+](=O)[O-])cc3c2=O)C(c2ccccc2)c2ccccc21. The third-order valence-electron chi connectivity index (χ3n) is 5.51. The van der Waals surface area contributed by atoms with Crippen molar-refractivity contribution in [3.63, 3.8) is 0 Å². The molecule has 0 radical (unpaired) electrons. The Morgan fingerprint density at radius 3 is 2.48 bits per heavy atom. The number of nitro groups is 1.